The van der Waals surface area contributed by atoms with E-state index in [9.17, 15) is 5.11 Å². The number of aliphatic hydroxyl groups excluding tert-OH is 1. The SMILES string of the molecule is CC1CC(C)C(C)N(c2ccc([C@H](C)O)nc2)C1. The minimum atomic E-state index is -0.490. The number of anilines is 1. The number of piperidine rings is 1. The highest BCUT2D eigenvalue weighted by Gasteiger charge is 2.28. The van der Waals surface area contributed by atoms with Gasteiger partial charge in [0.25, 0.3) is 0 Å². The molecule has 18 heavy (non-hydrogen) atoms. The van der Waals surface area contributed by atoms with Gasteiger partial charge in [-0.15, -0.1) is 0 Å². The highest BCUT2D eigenvalue weighted by molar-refractivity contribution is 5.46. The Morgan fingerprint density at radius 2 is 2.06 bits per heavy atom. The van der Waals surface area contributed by atoms with Gasteiger partial charge >= 0.3 is 0 Å². The first-order valence-electron chi connectivity index (χ1n) is 6.89. The van der Waals surface area contributed by atoms with E-state index in [0.717, 1.165) is 18.2 Å². The molecule has 2 rings (SSSR count). The van der Waals surface area contributed by atoms with Gasteiger partial charge in [0.15, 0.2) is 0 Å². The standard InChI is InChI=1S/C15H24N2O/c1-10-7-11(2)12(3)17(9-10)14-5-6-15(13(4)18)16-8-14/h5-6,8,10-13,18H,7,9H2,1-4H3/t10?,11?,12?,13-/m0/s1. The summed E-state index contributed by atoms with van der Waals surface area (Å²) in [6, 6.07) is 4.56. The van der Waals surface area contributed by atoms with Crippen LogP contribution in [0.1, 0.15) is 45.9 Å². The average molecular weight is 248 g/mol. The fourth-order valence-electron chi connectivity index (χ4n) is 2.87. The highest BCUT2D eigenvalue weighted by Crippen LogP contribution is 2.31. The Bertz CT molecular complexity index is 388. The Hall–Kier alpha value is -1.09. The summed E-state index contributed by atoms with van der Waals surface area (Å²) in [5.74, 6) is 1.44. The zero-order valence-electron chi connectivity index (χ0n) is 11.8. The predicted molar refractivity (Wildman–Crippen MR) is 74.6 cm³/mol. The third-order valence-electron chi connectivity index (χ3n) is 4.13. The highest BCUT2D eigenvalue weighted by atomic mass is 16.3. The summed E-state index contributed by atoms with van der Waals surface area (Å²) < 4.78 is 0. The van der Waals surface area contributed by atoms with E-state index >= 15 is 0 Å². The maximum Gasteiger partial charge on any atom is 0.0931 e. The van der Waals surface area contributed by atoms with Crippen molar-refractivity contribution in [2.45, 2.75) is 46.3 Å². The van der Waals surface area contributed by atoms with E-state index in [1.54, 1.807) is 6.92 Å². The molecule has 1 N–H and O–H groups in total. The van der Waals surface area contributed by atoms with Gasteiger partial charge < -0.3 is 10.0 Å². The van der Waals surface area contributed by atoms with Crippen molar-refractivity contribution in [1.82, 2.24) is 4.98 Å². The van der Waals surface area contributed by atoms with Crippen LogP contribution in [0, 0.1) is 11.8 Å². The van der Waals surface area contributed by atoms with Gasteiger partial charge in [0.1, 0.15) is 0 Å². The molecule has 3 unspecified atom stereocenters. The van der Waals surface area contributed by atoms with Crippen LogP contribution in [0.25, 0.3) is 0 Å². The number of hydrogen-bond acceptors (Lipinski definition) is 3. The van der Waals surface area contributed by atoms with Crippen LogP contribution in [0.5, 0.6) is 0 Å². The Labute approximate surface area is 110 Å². The largest absolute Gasteiger partial charge is 0.387 e. The van der Waals surface area contributed by atoms with Crippen molar-refractivity contribution < 1.29 is 5.11 Å². The molecule has 1 aromatic heterocycles. The maximum atomic E-state index is 9.48. The summed E-state index contributed by atoms with van der Waals surface area (Å²) in [4.78, 5) is 6.79. The zero-order chi connectivity index (χ0) is 13.3. The van der Waals surface area contributed by atoms with Gasteiger partial charge in [-0.1, -0.05) is 13.8 Å². The molecular formula is C15H24N2O. The fourth-order valence-corrected chi connectivity index (χ4v) is 2.87. The van der Waals surface area contributed by atoms with E-state index in [-0.39, 0.29) is 0 Å². The first-order valence-corrected chi connectivity index (χ1v) is 6.89. The van der Waals surface area contributed by atoms with Crippen molar-refractivity contribution in [2.24, 2.45) is 11.8 Å². The quantitative estimate of drug-likeness (QED) is 0.874. The molecule has 1 fully saturated rings. The molecule has 0 saturated carbocycles. The van der Waals surface area contributed by atoms with Gasteiger partial charge in [-0.05, 0) is 44.2 Å². The molecule has 1 aliphatic heterocycles. The summed E-state index contributed by atoms with van der Waals surface area (Å²) in [7, 11) is 0. The molecule has 1 aliphatic rings. The normalized spacial score (nSPS) is 30.3. The second-order valence-corrected chi connectivity index (χ2v) is 5.83. The van der Waals surface area contributed by atoms with Crippen LogP contribution in [0.4, 0.5) is 5.69 Å². The van der Waals surface area contributed by atoms with E-state index in [1.807, 2.05) is 12.3 Å². The molecule has 1 aromatic rings. The summed E-state index contributed by atoms with van der Waals surface area (Å²) >= 11 is 0. The van der Waals surface area contributed by atoms with Gasteiger partial charge in [0.05, 0.1) is 23.7 Å². The van der Waals surface area contributed by atoms with Gasteiger partial charge in [0.2, 0.25) is 0 Å². The lowest BCUT2D eigenvalue weighted by molar-refractivity contribution is 0.194. The van der Waals surface area contributed by atoms with Crippen LogP contribution < -0.4 is 4.90 Å². The van der Waals surface area contributed by atoms with E-state index < -0.39 is 6.10 Å². The number of aromatic nitrogens is 1. The van der Waals surface area contributed by atoms with Gasteiger partial charge in [-0.2, -0.15) is 0 Å². The average Bonchev–Trinajstić information content (AvgIpc) is 2.34. The van der Waals surface area contributed by atoms with Crippen LogP contribution in [0.3, 0.4) is 0 Å². The van der Waals surface area contributed by atoms with Crippen molar-refractivity contribution in [3.63, 3.8) is 0 Å². The van der Waals surface area contributed by atoms with Crippen molar-refractivity contribution in [2.75, 3.05) is 11.4 Å². The van der Waals surface area contributed by atoms with Crippen LogP contribution in [-0.4, -0.2) is 22.7 Å². The molecule has 0 radical (unpaired) electrons. The summed E-state index contributed by atoms with van der Waals surface area (Å²) in [5, 5.41) is 9.48. The number of pyridine rings is 1. The maximum absolute atomic E-state index is 9.48. The topological polar surface area (TPSA) is 36.4 Å². The minimum Gasteiger partial charge on any atom is -0.387 e. The summed E-state index contributed by atoms with van der Waals surface area (Å²) in [6.45, 7) is 9.77. The minimum absolute atomic E-state index is 0.490. The Kier molecular flexibility index (Phi) is 3.91. The molecule has 100 valence electrons. The number of nitrogens with zero attached hydrogens (tertiary/aromatic N) is 2. The van der Waals surface area contributed by atoms with Gasteiger partial charge in [-0.3, -0.25) is 4.98 Å². The lowest BCUT2D eigenvalue weighted by Crippen LogP contribution is -2.45. The first kappa shape index (κ1) is 13.3. The van der Waals surface area contributed by atoms with E-state index in [4.69, 9.17) is 0 Å². The molecule has 2 heterocycles. The molecule has 4 atom stereocenters. The Morgan fingerprint density at radius 3 is 2.61 bits per heavy atom. The second kappa shape index (κ2) is 5.27. The third kappa shape index (κ3) is 2.66. The van der Waals surface area contributed by atoms with Crippen LogP contribution in [-0.2, 0) is 0 Å². The molecule has 3 heteroatoms. The van der Waals surface area contributed by atoms with Crippen LogP contribution in [0.15, 0.2) is 18.3 Å². The lowest BCUT2D eigenvalue weighted by atomic mass is 9.86. The molecule has 1 saturated heterocycles. The van der Waals surface area contributed by atoms with Crippen molar-refractivity contribution in [1.29, 1.82) is 0 Å². The fraction of sp³-hybridized carbons (Fsp3) is 0.667. The number of hydrogen-bond donors (Lipinski definition) is 1. The molecule has 3 nitrogen and oxygen atoms in total. The van der Waals surface area contributed by atoms with Gasteiger partial charge in [-0.25, -0.2) is 0 Å². The molecule has 0 spiro atoms. The summed E-state index contributed by atoms with van der Waals surface area (Å²) in [6.07, 6.45) is 2.70. The van der Waals surface area contributed by atoms with Crippen molar-refractivity contribution >= 4 is 5.69 Å². The molecular weight excluding hydrogens is 224 g/mol. The first-order chi connectivity index (χ1) is 8.49. The lowest BCUT2D eigenvalue weighted by Gasteiger charge is -2.42. The van der Waals surface area contributed by atoms with E-state index in [2.05, 4.69) is 36.7 Å². The zero-order valence-corrected chi connectivity index (χ0v) is 11.8. The second-order valence-electron chi connectivity index (χ2n) is 5.83. The number of rotatable bonds is 2. The smallest absolute Gasteiger partial charge is 0.0931 e. The van der Waals surface area contributed by atoms with E-state index in [0.29, 0.717) is 12.0 Å². The van der Waals surface area contributed by atoms with Crippen molar-refractivity contribution in [3.05, 3.63) is 24.0 Å². The predicted octanol–water partition coefficient (Wildman–Crippen LogP) is 3.01. The Balaban J connectivity index is 2.19. The Morgan fingerprint density at radius 1 is 1.33 bits per heavy atom. The monoisotopic (exact) mass is 248 g/mol. The molecule has 0 aromatic carbocycles. The van der Waals surface area contributed by atoms with Crippen LogP contribution in [0.2, 0.25) is 0 Å². The van der Waals surface area contributed by atoms with Gasteiger partial charge in [0, 0.05) is 12.6 Å². The molecule has 0 amide bonds. The third-order valence-corrected chi connectivity index (χ3v) is 4.13. The number of aliphatic hydroxyl groups is 1. The molecule has 0 bridgehead atoms. The molecule has 0 aliphatic carbocycles. The van der Waals surface area contributed by atoms with Crippen molar-refractivity contribution in [3.8, 4) is 0 Å². The van der Waals surface area contributed by atoms with E-state index in [1.165, 1.54) is 12.1 Å². The summed E-state index contributed by atoms with van der Waals surface area (Å²) in [5.41, 5.74) is 1.91. The van der Waals surface area contributed by atoms with Crippen LogP contribution >= 0.6 is 0 Å².